The number of nitrogens with zero attached hydrogens (tertiary/aromatic N) is 4. The van der Waals surface area contributed by atoms with Crippen molar-refractivity contribution in [2.24, 2.45) is 0 Å². The van der Waals surface area contributed by atoms with Crippen LogP contribution in [0.3, 0.4) is 0 Å². The number of hydrogen-bond donors (Lipinski definition) is 1. The number of aromatic nitrogens is 3. The SMILES string of the molecule is N#Cc1ccc(Nc2cncc(-c3cncnc3)c2)cc1. The lowest BCUT2D eigenvalue weighted by molar-refractivity contribution is 1.17. The van der Waals surface area contributed by atoms with Gasteiger partial charge >= 0.3 is 0 Å². The van der Waals surface area contributed by atoms with Gasteiger partial charge in [0.1, 0.15) is 6.33 Å². The minimum absolute atomic E-state index is 0.633. The highest BCUT2D eigenvalue weighted by Gasteiger charge is 2.01. The van der Waals surface area contributed by atoms with Crippen LogP contribution in [-0.4, -0.2) is 15.0 Å². The van der Waals surface area contributed by atoms with Gasteiger partial charge in [0.2, 0.25) is 0 Å². The Morgan fingerprint density at radius 3 is 2.24 bits per heavy atom. The quantitative estimate of drug-likeness (QED) is 0.793. The second-order valence-corrected chi connectivity index (χ2v) is 4.40. The van der Waals surface area contributed by atoms with Gasteiger partial charge in [-0.3, -0.25) is 4.98 Å². The second kappa shape index (κ2) is 5.80. The van der Waals surface area contributed by atoms with Gasteiger partial charge in [0.15, 0.2) is 0 Å². The first-order valence-electron chi connectivity index (χ1n) is 6.33. The smallest absolute Gasteiger partial charge is 0.115 e. The van der Waals surface area contributed by atoms with Crippen molar-refractivity contribution in [2.75, 3.05) is 5.32 Å². The molecule has 5 heteroatoms. The third-order valence-electron chi connectivity index (χ3n) is 2.93. The molecule has 0 saturated heterocycles. The molecular weight excluding hydrogens is 262 g/mol. The van der Waals surface area contributed by atoms with Gasteiger partial charge in [0.25, 0.3) is 0 Å². The van der Waals surface area contributed by atoms with Gasteiger partial charge in [-0.25, -0.2) is 9.97 Å². The zero-order chi connectivity index (χ0) is 14.5. The van der Waals surface area contributed by atoms with Crippen molar-refractivity contribution in [1.29, 1.82) is 5.26 Å². The van der Waals surface area contributed by atoms with Crippen molar-refractivity contribution in [3.63, 3.8) is 0 Å². The van der Waals surface area contributed by atoms with E-state index in [4.69, 9.17) is 5.26 Å². The van der Waals surface area contributed by atoms with Crippen LogP contribution in [0.1, 0.15) is 5.56 Å². The second-order valence-electron chi connectivity index (χ2n) is 4.40. The maximum absolute atomic E-state index is 8.79. The number of hydrogen-bond acceptors (Lipinski definition) is 5. The summed E-state index contributed by atoms with van der Waals surface area (Å²) < 4.78 is 0. The third kappa shape index (κ3) is 3.01. The monoisotopic (exact) mass is 273 g/mol. The molecule has 1 N–H and O–H groups in total. The van der Waals surface area contributed by atoms with E-state index in [0.29, 0.717) is 5.56 Å². The zero-order valence-electron chi connectivity index (χ0n) is 11.1. The van der Waals surface area contributed by atoms with E-state index in [1.807, 2.05) is 18.2 Å². The van der Waals surface area contributed by atoms with Crippen molar-refractivity contribution in [3.8, 4) is 17.2 Å². The van der Waals surface area contributed by atoms with E-state index in [1.165, 1.54) is 6.33 Å². The number of rotatable bonds is 3. The molecule has 0 radical (unpaired) electrons. The van der Waals surface area contributed by atoms with Crippen LogP contribution >= 0.6 is 0 Å². The predicted molar refractivity (Wildman–Crippen MR) is 79.7 cm³/mol. The molecular formula is C16H11N5. The summed E-state index contributed by atoms with van der Waals surface area (Å²) in [7, 11) is 0. The van der Waals surface area contributed by atoms with Crippen LogP contribution in [0.2, 0.25) is 0 Å². The van der Waals surface area contributed by atoms with Crippen molar-refractivity contribution >= 4 is 11.4 Å². The standard InChI is InChI=1S/C16H11N5/c17-6-12-1-3-15(4-2-12)21-16-5-13(7-18-10-16)14-8-19-11-20-9-14/h1-5,7-11,21H. The molecule has 0 bridgehead atoms. The average Bonchev–Trinajstić information content (AvgIpc) is 2.57. The van der Waals surface area contributed by atoms with Crippen molar-refractivity contribution in [2.45, 2.75) is 0 Å². The van der Waals surface area contributed by atoms with E-state index >= 15 is 0 Å². The van der Waals surface area contributed by atoms with E-state index in [9.17, 15) is 0 Å². The number of nitriles is 1. The molecule has 100 valence electrons. The molecule has 3 aromatic rings. The maximum atomic E-state index is 8.79. The van der Waals surface area contributed by atoms with Crippen LogP contribution in [0.25, 0.3) is 11.1 Å². The highest BCUT2D eigenvalue weighted by Crippen LogP contribution is 2.22. The summed E-state index contributed by atoms with van der Waals surface area (Å²) in [5, 5.41) is 12.0. The molecule has 0 saturated carbocycles. The van der Waals surface area contributed by atoms with Crippen LogP contribution in [0.15, 0.2) is 61.4 Å². The van der Waals surface area contributed by atoms with Gasteiger partial charge in [-0.05, 0) is 30.3 Å². The highest BCUT2D eigenvalue weighted by atomic mass is 14.9. The molecule has 0 aliphatic rings. The molecule has 2 aromatic heterocycles. The van der Waals surface area contributed by atoms with Crippen molar-refractivity contribution in [1.82, 2.24) is 15.0 Å². The minimum Gasteiger partial charge on any atom is -0.354 e. The minimum atomic E-state index is 0.633. The molecule has 2 heterocycles. The largest absolute Gasteiger partial charge is 0.354 e. The van der Waals surface area contributed by atoms with E-state index in [2.05, 4.69) is 26.3 Å². The average molecular weight is 273 g/mol. The van der Waals surface area contributed by atoms with Gasteiger partial charge in [-0.1, -0.05) is 0 Å². The summed E-state index contributed by atoms with van der Waals surface area (Å²) in [5.74, 6) is 0. The summed E-state index contributed by atoms with van der Waals surface area (Å²) in [4.78, 5) is 12.2. The number of anilines is 2. The van der Waals surface area contributed by atoms with Gasteiger partial charge in [0, 0.05) is 35.4 Å². The summed E-state index contributed by atoms with van der Waals surface area (Å²) >= 11 is 0. The predicted octanol–water partition coefficient (Wildman–Crippen LogP) is 3.15. The molecule has 3 rings (SSSR count). The first kappa shape index (κ1) is 12.8. The summed E-state index contributed by atoms with van der Waals surface area (Å²) in [6, 6.07) is 11.3. The first-order chi connectivity index (χ1) is 10.3. The van der Waals surface area contributed by atoms with Crippen molar-refractivity contribution in [3.05, 3.63) is 67.0 Å². The van der Waals surface area contributed by atoms with E-state index < -0.39 is 0 Å². The van der Waals surface area contributed by atoms with Gasteiger partial charge < -0.3 is 5.32 Å². The Labute approximate surface area is 122 Å². The lowest BCUT2D eigenvalue weighted by Crippen LogP contribution is -1.92. The van der Waals surface area contributed by atoms with Crippen LogP contribution in [0.5, 0.6) is 0 Å². The first-order valence-corrected chi connectivity index (χ1v) is 6.33. The molecule has 0 amide bonds. The molecule has 1 aromatic carbocycles. The Balaban J connectivity index is 1.85. The van der Waals surface area contributed by atoms with Crippen LogP contribution in [0.4, 0.5) is 11.4 Å². The fourth-order valence-corrected chi connectivity index (χ4v) is 1.91. The maximum Gasteiger partial charge on any atom is 0.115 e. The van der Waals surface area contributed by atoms with Gasteiger partial charge in [0.05, 0.1) is 23.5 Å². The number of nitrogens with one attached hydrogen (secondary N) is 1. The molecule has 0 unspecified atom stereocenters. The summed E-state index contributed by atoms with van der Waals surface area (Å²) in [6.07, 6.45) is 8.49. The zero-order valence-corrected chi connectivity index (χ0v) is 11.1. The Morgan fingerprint density at radius 1 is 0.810 bits per heavy atom. The Morgan fingerprint density at radius 2 is 1.52 bits per heavy atom. The molecule has 21 heavy (non-hydrogen) atoms. The molecule has 5 nitrogen and oxygen atoms in total. The fourth-order valence-electron chi connectivity index (χ4n) is 1.91. The fraction of sp³-hybridized carbons (Fsp3) is 0. The summed E-state index contributed by atoms with van der Waals surface area (Å²) in [5.41, 5.74) is 4.25. The van der Waals surface area contributed by atoms with E-state index in [0.717, 1.165) is 22.5 Å². The van der Waals surface area contributed by atoms with E-state index in [-0.39, 0.29) is 0 Å². The number of pyridine rings is 1. The van der Waals surface area contributed by atoms with Crippen LogP contribution in [0, 0.1) is 11.3 Å². The van der Waals surface area contributed by atoms with E-state index in [1.54, 1.807) is 36.9 Å². The molecule has 0 aliphatic carbocycles. The van der Waals surface area contributed by atoms with Gasteiger partial charge in [-0.2, -0.15) is 5.26 Å². The molecule has 0 fully saturated rings. The Hall–Kier alpha value is -3.26. The molecule has 0 spiro atoms. The van der Waals surface area contributed by atoms with Gasteiger partial charge in [-0.15, -0.1) is 0 Å². The van der Waals surface area contributed by atoms with Crippen LogP contribution in [-0.2, 0) is 0 Å². The summed E-state index contributed by atoms with van der Waals surface area (Å²) in [6.45, 7) is 0. The highest BCUT2D eigenvalue weighted by molar-refractivity contribution is 5.68. The lowest BCUT2D eigenvalue weighted by atomic mass is 10.1. The third-order valence-corrected chi connectivity index (χ3v) is 2.93. The Bertz CT molecular complexity index is 776. The van der Waals surface area contributed by atoms with Crippen LogP contribution < -0.4 is 5.32 Å². The molecule has 0 atom stereocenters. The van der Waals surface area contributed by atoms with Crippen molar-refractivity contribution < 1.29 is 0 Å². The Kier molecular flexibility index (Phi) is 3.52. The lowest BCUT2D eigenvalue weighted by Gasteiger charge is -2.07. The molecule has 0 aliphatic heterocycles. The number of benzene rings is 1. The normalized spacial score (nSPS) is 9.86. The topological polar surface area (TPSA) is 74.5 Å².